The predicted octanol–water partition coefficient (Wildman–Crippen LogP) is 3.58. The van der Waals surface area contributed by atoms with Crippen molar-refractivity contribution in [3.05, 3.63) is 18.3 Å². The Labute approximate surface area is 145 Å². The van der Waals surface area contributed by atoms with E-state index in [1.165, 1.54) is 18.7 Å². The summed E-state index contributed by atoms with van der Waals surface area (Å²) in [5.41, 5.74) is 0.0915. The molecule has 0 aliphatic heterocycles. The Morgan fingerprint density at radius 1 is 1.09 bits per heavy atom. The molecule has 0 aromatic carbocycles. The molecule has 130 valence electrons. The first-order valence-electron chi connectivity index (χ1n) is 8.94. The smallest absolute Gasteiger partial charge is 0.330 e. The van der Waals surface area contributed by atoms with Crippen molar-refractivity contribution in [2.24, 2.45) is 0 Å². The third kappa shape index (κ3) is 5.05. The Balaban J connectivity index is 3.03. The van der Waals surface area contributed by atoms with Gasteiger partial charge in [-0.2, -0.15) is 0 Å². The minimum Gasteiger partial charge on any atom is -0.391 e. The van der Waals surface area contributed by atoms with E-state index in [0.29, 0.717) is 14.0 Å². The topological polar surface area (TPSA) is 14.7 Å². The summed E-state index contributed by atoms with van der Waals surface area (Å²) in [7, 11) is 6.53. The van der Waals surface area contributed by atoms with Gasteiger partial charge in [0, 0.05) is 11.7 Å². The zero-order valence-corrected chi connectivity index (χ0v) is 16.8. The first-order chi connectivity index (χ1) is 10.6. The summed E-state index contributed by atoms with van der Waals surface area (Å²) in [5, 5.41) is 0. The fourth-order valence-electron chi connectivity index (χ4n) is 2.96. The number of nitrogens with zero attached hydrogens (tertiary/aromatic N) is 4. The third-order valence-electron chi connectivity index (χ3n) is 4.85. The standard InChI is InChI=1S/C17H36B2N4/c1-10-11-15-23(18(5)20(7)8)19(6)21(9)16-13-12-14-22(16)17(2,3)4/h12-14H,10-11,15H2,1-9H3. The van der Waals surface area contributed by atoms with Crippen molar-refractivity contribution < 1.29 is 0 Å². The molecule has 6 heteroatoms. The van der Waals surface area contributed by atoms with E-state index in [2.05, 4.69) is 99.7 Å². The average molecular weight is 318 g/mol. The molecule has 23 heavy (non-hydrogen) atoms. The van der Waals surface area contributed by atoms with Gasteiger partial charge in [-0.1, -0.05) is 27.0 Å². The SMILES string of the molecule is CCCCN(B(C)N(C)C)B(C)N(C)c1cccn1C(C)(C)C. The summed E-state index contributed by atoms with van der Waals surface area (Å²) in [6.45, 7) is 15.5. The second-order valence-corrected chi connectivity index (χ2v) is 7.84. The molecular formula is C17H36B2N4. The number of unbranched alkanes of at least 4 members (excludes halogenated alkanes) is 1. The normalized spacial score (nSPS) is 12.1. The van der Waals surface area contributed by atoms with Crippen molar-refractivity contribution >= 4 is 19.8 Å². The maximum Gasteiger partial charge on any atom is 0.330 e. The van der Waals surface area contributed by atoms with E-state index in [9.17, 15) is 0 Å². The predicted molar refractivity (Wildman–Crippen MR) is 106 cm³/mol. The van der Waals surface area contributed by atoms with Crippen LogP contribution in [-0.2, 0) is 5.54 Å². The molecule has 0 aliphatic rings. The molecule has 1 aromatic heterocycles. The van der Waals surface area contributed by atoms with Crippen LogP contribution >= 0.6 is 0 Å². The maximum atomic E-state index is 2.59. The molecule has 0 aliphatic carbocycles. The minimum atomic E-state index is 0.0915. The summed E-state index contributed by atoms with van der Waals surface area (Å²) in [6.07, 6.45) is 4.65. The molecule has 0 saturated heterocycles. The van der Waals surface area contributed by atoms with E-state index in [1.54, 1.807) is 0 Å². The number of anilines is 1. The van der Waals surface area contributed by atoms with Gasteiger partial charge in [0.25, 0.3) is 6.98 Å². The Hall–Kier alpha value is -0.870. The van der Waals surface area contributed by atoms with Crippen LogP contribution in [0.3, 0.4) is 0 Å². The average Bonchev–Trinajstić information content (AvgIpc) is 2.95. The van der Waals surface area contributed by atoms with Crippen LogP contribution in [0.15, 0.2) is 18.3 Å². The highest BCUT2D eigenvalue weighted by Gasteiger charge is 2.32. The third-order valence-corrected chi connectivity index (χ3v) is 4.85. The molecule has 0 radical (unpaired) electrons. The van der Waals surface area contributed by atoms with Gasteiger partial charge in [0.05, 0.1) is 5.82 Å². The number of rotatable bonds is 8. The van der Waals surface area contributed by atoms with Crippen LogP contribution in [0.25, 0.3) is 0 Å². The molecule has 1 rings (SSSR count). The van der Waals surface area contributed by atoms with Gasteiger partial charge in [-0.3, -0.25) is 0 Å². The van der Waals surface area contributed by atoms with Crippen LogP contribution in [0.5, 0.6) is 0 Å². The largest absolute Gasteiger partial charge is 0.391 e. The van der Waals surface area contributed by atoms with Gasteiger partial charge in [0.2, 0.25) is 0 Å². The summed E-state index contributed by atoms with van der Waals surface area (Å²) in [5.74, 6) is 1.28. The van der Waals surface area contributed by atoms with Gasteiger partial charge < -0.3 is 18.9 Å². The molecule has 0 spiro atoms. The van der Waals surface area contributed by atoms with Crippen molar-refractivity contribution in [2.45, 2.75) is 59.7 Å². The van der Waals surface area contributed by atoms with E-state index < -0.39 is 0 Å². The molecule has 1 heterocycles. The quantitative estimate of drug-likeness (QED) is 0.681. The van der Waals surface area contributed by atoms with Gasteiger partial charge >= 0.3 is 6.98 Å². The van der Waals surface area contributed by atoms with Gasteiger partial charge in [-0.05, 0) is 67.0 Å². The second kappa shape index (κ2) is 8.29. The van der Waals surface area contributed by atoms with Crippen LogP contribution < -0.4 is 4.81 Å². The van der Waals surface area contributed by atoms with Crippen molar-refractivity contribution in [2.75, 3.05) is 32.5 Å². The van der Waals surface area contributed by atoms with E-state index in [4.69, 9.17) is 0 Å². The zero-order chi connectivity index (χ0) is 17.8. The molecule has 1 aromatic rings. The lowest BCUT2D eigenvalue weighted by molar-refractivity contribution is 0.401. The summed E-state index contributed by atoms with van der Waals surface area (Å²) in [4.78, 5) is 4.70. The highest BCUT2D eigenvalue weighted by Crippen LogP contribution is 2.25. The van der Waals surface area contributed by atoms with Crippen LogP contribution in [-0.4, -0.2) is 55.8 Å². The van der Waals surface area contributed by atoms with E-state index >= 15 is 0 Å². The molecular weight excluding hydrogens is 282 g/mol. The summed E-state index contributed by atoms with van der Waals surface area (Å²) < 4.78 is 4.95. The van der Waals surface area contributed by atoms with Crippen molar-refractivity contribution in [3.63, 3.8) is 0 Å². The highest BCUT2D eigenvalue weighted by atomic mass is 15.3. The van der Waals surface area contributed by atoms with Crippen molar-refractivity contribution in [3.8, 4) is 0 Å². The van der Waals surface area contributed by atoms with Crippen LogP contribution in [0.2, 0.25) is 13.6 Å². The monoisotopic (exact) mass is 318 g/mol. The molecule has 0 amide bonds. The lowest BCUT2D eigenvalue weighted by Gasteiger charge is -2.40. The summed E-state index contributed by atoms with van der Waals surface area (Å²) >= 11 is 0. The second-order valence-electron chi connectivity index (χ2n) is 7.84. The van der Waals surface area contributed by atoms with Gasteiger partial charge in [-0.15, -0.1) is 0 Å². The lowest BCUT2D eigenvalue weighted by Crippen LogP contribution is -2.60. The first-order valence-corrected chi connectivity index (χ1v) is 8.94. The molecule has 0 unspecified atom stereocenters. The van der Waals surface area contributed by atoms with Crippen LogP contribution in [0, 0.1) is 0 Å². The number of hydrogen-bond donors (Lipinski definition) is 0. The van der Waals surface area contributed by atoms with Gasteiger partial charge in [0.1, 0.15) is 0 Å². The van der Waals surface area contributed by atoms with Gasteiger partial charge in [0.15, 0.2) is 0 Å². The first kappa shape index (κ1) is 20.2. The van der Waals surface area contributed by atoms with Crippen molar-refractivity contribution in [1.29, 1.82) is 0 Å². The Morgan fingerprint density at radius 3 is 2.17 bits per heavy atom. The molecule has 0 N–H and O–H groups in total. The van der Waals surface area contributed by atoms with Crippen LogP contribution in [0.1, 0.15) is 40.5 Å². The molecule has 0 atom stereocenters. The summed E-state index contributed by atoms with van der Waals surface area (Å²) in [6, 6.07) is 4.37. The fraction of sp³-hybridized carbons (Fsp3) is 0.765. The zero-order valence-electron chi connectivity index (χ0n) is 16.8. The molecule has 0 bridgehead atoms. The highest BCUT2D eigenvalue weighted by molar-refractivity contribution is 6.72. The molecule has 4 nitrogen and oxygen atoms in total. The number of hydrogen-bond acceptors (Lipinski definition) is 3. The maximum absolute atomic E-state index is 2.59. The Morgan fingerprint density at radius 2 is 1.70 bits per heavy atom. The van der Waals surface area contributed by atoms with Crippen LogP contribution in [0.4, 0.5) is 5.82 Å². The lowest BCUT2D eigenvalue weighted by atomic mass is 9.60. The Kier molecular flexibility index (Phi) is 7.28. The van der Waals surface area contributed by atoms with Gasteiger partial charge in [-0.25, -0.2) is 0 Å². The van der Waals surface area contributed by atoms with Crippen molar-refractivity contribution in [1.82, 2.24) is 14.1 Å². The number of aromatic nitrogens is 1. The minimum absolute atomic E-state index is 0.0915. The molecule has 0 saturated carbocycles. The fourth-order valence-corrected chi connectivity index (χ4v) is 2.96. The molecule has 0 fully saturated rings. The van der Waals surface area contributed by atoms with E-state index in [1.807, 2.05) is 0 Å². The Bertz CT molecular complexity index is 467. The van der Waals surface area contributed by atoms with E-state index in [-0.39, 0.29) is 5.54 Å². The van der Waals surface area contributed by atoms with E-state index in [0.717, 1.165) is 6.54 Å².